The maximum absolute atomic E-state index is 4.04. The monoisotopic (exact) mass is 486 g/mol. The summed E-state index contributed by atoms with van der Waals surface area (Å²) < 4.78 is 0. The van der Waals surface area contributed by atoms with Crippen molar-refractivity contribution in [2.45, 2.75) is 57.7 Å². The van der Waals surface area contributed by atoms with Crippen molar-refractivity contribution in [2.24, 2.45) is 5.92 Å². The van der Waals surface area contributed by atoms with Gasteiger partial charge in [-0.05, 0) is 58.4 Å². The molecule has 6 nitrogen and oxygen atoms in total. The lowest BCUT2D eigenvalue weighted by Gasteiger charge is -2.37. The van der Waals surface area contributed by atoms with E-state index in [0.29, 0.717) is 24.0 Å². The lowest BCUT2D eigenvalue weighted by Crippen LogP contribution is -2.54. The molecule has 0 radical (unpaired) electrons. The molecule has 2 saturated heterocycles. The Kier molecular flexibility index (Phi) is 12.5. The van der Waals surface area contributed by atoms with Crippen molar-refractivity contribution in [2.75, 3.05) is 86.6 Å². The number of likely N-dealkylation sites (tertiary alicyclic amines) is 1. The number of hydrogen-bond acceptors (Lipinski definition) is 6. The number of likely N-dealkylation sites (N-methyl/N-ethyl adjacent to an activating group) is 2. The van der Waals surface area contributed by atoms with Crippen LogP contribution in [0.3, 0.4) is 0 Å². The highest BCUT2D eigenvalue weighted by molar-refractivity contribution is 5.16. The van der Waals surface area contributed by atoms with E-state index < -0.39 is 0 Å². The van der Waals surface area contributed by atoms with Crippen molar-refractivity contribution in [3.8, 4) is 0 Å². The first-order chi connectivity index (χ1) is 16.9. The minimum absolute atomic E-state index is 0.452. The van der Waals surface area contributed by atoms with Gasteiger partial charge in [0.05, 0.1) is 0 Å². The van der Waals surface area contributed by atoms with Crippen LogP contribution in [0.25, 0.3) is 0 Å². The van der Waals surface area contributed by atoms with Gasteiger partial charge in [-0.3, -0.25) is 9.80 Å². The highest BCUT2D eigenvalue weighted by Crippen LogP contribution is 2.17. The fourth-order valence-electron chi connectivity index (χ4n) is 5.50. The first kappa shape index (κ1) is 28.5. The van der Waals surface area contributed by atoms with Crippen molar-refractivity contribution >= 4 is 0 Å². The standard InChI is InChI=1S/C29H54N6/c1-6-25(2)29(24-34-18-16-33(5)17-19-34)31-22-27(21-26-11-8-7-9-12-26)30-23-28-13-10-14-35(28)20-15-32(3)4/h7-9,11-12,25,27-31H,6,10,13-24H2,1-5H3/t25-,27-,28-,29+/m0/s1. The Bertz CT molecular complexity index is 675. The van der Waals surface area contributed by atoms with Crippen LogP contribution in [-0.4, -0.2) is 124 Å². The molecule has 1 aromatic carbocycles. The molecule has 35 heavy (non-hydrogen) atoms. The van der Waals surface area contributed by atoms with Gasteiger partial charge in [0.2, 0.25) is 0 Å². The van der Waals surface area contributed by atoms with Crippen molar-refractivity contribution in [1.82, 2.24) is 30.2 Å². The molecule has 1 aromatic rings. The Morgan fingerprint density at radius 2 is 1.77 bits per heavy atom. The molecule has 0 saturated carbocycles. The minimum Gasteiger partial charge on any atom is -0.311 e. The Morgan fingerprint density at radius 1 is 1.03 bits per heavy atom. The summed E-state index contributed by atoms with van der Waals surface area (Å²) >= 11 is 0. The third kappa shape index (κ3) is 10.1. The number of nitrogens with one attached hydrogen (secondary N) is 2. The smallest absolute Gasteiger partial charge is 0.0233 e. The normalized spacial score (nSPS) is 23.1. The molecule has 2 N–H and O–H groups in total. The highest BCUT2D eigenvalue weighted by atomic mass is 15.3. The molecule has 0 bridgehead atoms. The number of rotatable bonds is 15. The molecule has 0 unspecified atom stereocenters. The van der Waals surface area contributed by atoms with Gasteiger partial charge in [0, 0.05) is 77.0 Å². The van der Waals surface area contributed by atoms with Gasteiger partial charge < -0.3 is 20.4 Å². The summed E-state index contributed by atoms with van der Waals surface area (Å²) in [5.41, 5.74) is 1.43. The van der Waals surface area contributed by atoms with Gasteiger partial charge in [-0.2, -0.15) is 0 Å². The van der Waals surface area contributed by atoms with Crippen LogP contribution in [0.1, 0.15) is 38.7 Å². The average Bonchev–Trinajstić information content (AvgIpc) is 3.32. The van der Waals surface area contributed by atoms with Crippen LogP contribution in [0.15, 0.2) is 30.3 Å². The molecule has 6 heteroatoms. The predicted octanol–water partition coefficient (Wildman–Crippen LogP) is 2.47. The van der Waals surface area contributed by atoms with Gasteiger partial charge in [-0.15, -0.1) is 0 Å². The van der Waals surface area contributed by atoms with E-state index in [2.05, 4.69) is 95.6 Å². The molecule has 0 aliphatic carbocycles. The summed E-state index contributed by atoms with van der Waals surface area (Å²) in [4.78, 5) is 10.1. The second-order valence-corrected chi connectivity index (χ2v) is 11.4. The highest BCUT2D eigenvalue weighted by Gasteiger charge is 2.26. The van der Waals surface area contributed by atoms with Crippen molar-refractivity contribution in [1.29, 1.82) is 0 Å². The Hall–Kier alpha value is -1.02. The fraction of sp³-hybridized carbons (Fsp3) is 0.793. The van der Waals surface area contributed by atoms with Gasteiger partial charge in [-0.1, -0.05) is 50.6 Å². The topological polar surface area (TPSA) is 37.0 Å². The van der Waals surface area contributed by atoms with Crippen LogP contribution >= 0.6 is 0 Å². The Morgan fingerprint density at radius 3 is 2.46 bits per heavy atom. The molecule has 200 valence electrons. The average molecular weight is 487 g/mol. The van der Waals surface area contributed by atoms with E-state index in [4.69, 9.17) is 0 Å². The maximum Gasteiger partial charge on any atom is 0.0233 e. The van der Waals surface area contributed by atoms with E-state index in [0.717, 1.165) is 26.1 Å². The first-order valence-corrected chi connectivity index (χ1v) is 14.2. The summed E-state index contributed by atoms with van der Waals surface area (Å²) in [6.07, 6.45) is 4.97. The van der Waals surface area contributed by atoms with E-state index in [9.17, 15) is 0 Å². The molecule has 2 fully saturated rings. The van der Waals surface area contributed by atoms with E-state index in [1.165, 1.54) is 70.6 Å². The molecule has 2 aliphatic heterocycles. The van der Waals surface area contributed by atoms with Crippen LogP contribution in [0.2, 0.25) is 0 Å². The van der Waals surface area contributed by atoms with Crippen LogP contribution in [0.4, 0.5) is 0 Å². The molecule has 2 heterocycles. The summed E-state index contributed by atoms with van der Waals surface area (Å²) in [5, 5.41) is 8.05. The van der Waals surface area contributed by atoms with Gasteiger partial charge in [0.1, 0.15) is 0 Å². The summed E-state index contributed by atoms with van der Waals surface area (Å²) in [7, 11) is 6.61. The quantitative estimate of drug-likeness (QED) is 0.397. The number of piperazine rings is 1. The molecule has 4 atom stereocenters. The van der Waals surface area contributed by atoms with Gasteiger partial charge in [-0.25, -0.2) is 0 Å². The minimum atomic E-state index is 0.452. The van der Waals surface area contributed by atoms with Gasteiger partial charge in [0.15, 0.2) is 0 Å². The van der Waals surface area contributed by atoms with E-state index in [-0.39, 0.29) is 0 Å². The zero-order valence-electron chi connectivity index (χ0n) is 23.4. The second-order valence-electron chi connectivity index (χ2n) is 11.4. The lowest BCUT2D eigenvalue weighted by molar-refractivity contribution is 0.130. The second kappa shape index (κ2) is 15.3. The van der Waals surface area contributed by atoms with E-state index in [1.807, 2.05) is 0 Å². The molecular weight excluding hydrogens is 432 g/mol. The van der Waals surface area contributed by atoms with Crippen LogP contribution < -0.4 is 10.6 Å². The SMILES string of the molecule is CC[C@H](C)[C@@H](CN1CCN(C)CC1)NC[C@H](Cc1ccccc1)NC[C@@H]1CCCN1CCN(C)C. The van der Waals surface area contributed by atoms with Crippen LogP contribution in [0.5, 0.6) is 0 Å². The zero-order valence-corrected chi connectivity index (χ0v) is 23.4. The van der Waals surface area contributed by atoms with E-state index in [1.54, 1.807) is 0 Å². The van der Waals surface area contributed by atoms with Crippen molar-refractivity contribution in [3.63, 3.8) is 0 Å². The Balaban J connectivity index is 1.57. The zero-order chi connectivity index (χ0) is 25.0. The van der Waals surface area contributed by atoms with Crippen LogP contribution in [0, 0.1) is 5.92 Å². The van der Waals surface area contributed by atoms with Crippen LogP contribution in [-0.2, 0) is 6.42 Å². The molecule has 2 aliphatic rings. The Labute approximate surface area is 216 Å². The molecule has 3 rings (SSSR count). The number of benzene rings is 1. The number of hydrogen-bond donors (Lipinski definition) is 2. The number of nitrogens with zero attached hydrogens (tertiary/aromatic N) is 4. The van der Waals surface area contributed by atoms with Gasteiger partial charge >= 0.3 is 0 Å². The van der Waals surface area contributed by atoms with E-state index >= 15 is 0 Å². The third-order valence-electron chi connectivity index (χ3n) is 8.31. The fourth-order valence-corrected chi connectivity index (χ4v) is 5.50. The molecule has 0 aromatic heterocycles. The summed E-state index contributed by atoms with van der Waals surface area (Å²) in [6, 6.07) is 12.7. The first-order valence-electron chi connectivity index (χ1n) is 14.2. The lowest BCUT2D eigenvalue weighted by atomic mass is 9.97. The summed E-state index contributed by atoms with van der Waals surface area (Å²) in [6.45, 7) is 16.4. The summed E-state index contributed by atoms with van der Waals surface area (Å²) in [5.74, 6) is 0.684. The predicted molar refractivity (Wildman–Crippen MR) is 150 cm³/mol. The van der Waals surface area contributed by atoms with Crippen molar-refractivity contribution < 1.29 is 0 Å². The molecule has 0 amide bonds. The third-order valence-corrected chi connectivity index (χ3v) is 8.31. The maximum atomic E-state index is 4.04. The molecular formula is C29H54N6. The van der Waals surface area contributed by atoms with Gasteiger partial charge in [0.25, 0.3) is 0 Å². The molecule has 0 spiro atoms. The largest absolute Gasteiger partial charge is 0.311 e. The van der Waals surface area contributed by atoms with Crippen molar-refractivity contribution in [3.05, 3.63) is 35.9 Å².